The van der Waals surface area contributed by atoms with Gasteiger partial charge in [-0.15, -0.1) is 0 Å². The van der Waals surface area contributed by atoms with Gasteiger partial charge in [0.15, 0.2) is 11.5 Å². The topological polar surface area (TPSA) is 148 Å². The van der Waals surface area contributed by atoms with Crippen molar-refractivity contribution < 1.29 is 34.2 Å². The van der Waals surface area contributed by atoms with Crippen molar-refractivity contribution in [3.63, 3.8) is 0 Å². The van der Waals surface area contributed by atoms with E-state index in [4.69, 9.17) is 9.47 Å². The Bertz CT molecular complexity index is 1540. The number of ether oxygens (including phenoxy) is 2. The number of amides is 1. The summed E-state index contributed by atoms with van der Waals surface area (Å²) in [6, 6.07) is 23.5. The molecule has 0 saturated heterocycles. The molecule has 4 aromatic carbocycles. The van der Waals surface area contributed by atoms with E-state index in [0.717, 1.165) is 22.3 Å². The average Bonchev–Trinajstić information content (AvgIpc) is 3.27. The van der Waals surface area contributed by atoms with Crippen molar-refractivity contribution in [1.29, 1.82) is 0 Å². The van der Waals surface area contributed by atoms with E-state index in [9.17, 15) is 29.9 Å². The van der Waals surface area contributed by atoms with Gasteiger partial charge in [0.2, 0.25) is 0 Å². The average molecular weight is 541 g/mol. The van der Waals surface area contributed by atoms with Crippen LogP contribution in [0, 0.1) is 10.1 Å². The predicted octanol–water partition coefficient (Wildman–Crippen LogP) is 5.06. The fraction of sp³-hybridized carbons (Fsp3) is 0.133. The van der Waals surface area contributed by atoms with Gasteiger partial charge in [0, 0.05) is 24.5 Å². The van der Waals surface area contributed by atoms with Crippen molar-refractivity contribution in [3.05, 3.63) is 118 Å². The van der Waals surface area contributed by atoms with Gasteiger partial charge in [0.05, 0.1) is 4.92 Å². The van der Waals surface area contributed by atoms with Crippen molar-refractivity contribution in [1.82, 2.24) is 5.32 Å². The Balaban J connectivity index is 1.31. The minimum absolute atomic E-state index is 0.0317. The van der Waals surface area contributed by atoms with Crippen LogP contribution in [0.4, 0.5) is 10.5 Å². The molecular formula is C30H24N2O8. The van der Waals surface area contributed by atoms with Gasteiger partial charge < -0.3 is 25.0 Å². The van der Waals surface area contributed by atoms with E-state index in [-0.39, 0.29) is 41.9 Å². The molecule has 0 aliphatic heterocycles. The highest BCUT2D eigenvalue weighted by molar-refractivity contribution is 5.83. The summed E-state index contributed by atoms with van der Waals surface area (Å²) in [4.78, 5) is 36.3. The van der Waals surface area contributed by atoms with Gasteiger partial charge in [0.25, 0.3) is 5.69 Å². The number of phenols is 2. The van der Waals surface area contributed by atoms with Crippen LogP contribution in [-0.2, 0) is 16.0 Å². The summed E-state index contributed by atoms with van der Waals surface area (Å²) in [6.07, 6.45) is -0.945. The van der Waals surface area contributed by atoms with Crippen LogP contribution in [0.2, 0.25) is 0 Å². The zero-order chi connectivity index (χ0) is 28.2. The quantitative estimate of drug-likeness (QED) is 0.0923. The molecule has 0 radical (unpaired) electrons. The lowest BCUT2D eigenvalue weighted by Crippen LogP contribution is -2.45. The van der Waals surface area contributed by atoms with Crippen molar-refractivity contribution in [3.8, 4) is 28.4 Å². The monoisotopic (exact) mass is 540 g/mol. The second-order valence-electron chi connectivity index (χ2n) is 9.22. The third-order valence-corrected chi connectivity index (χ3v) is 6.67. The van der Waals surface area contributed by atoms with Crippen LogP contribution in [0.1, 0.15) is 22.6 Å². The number of benzene rings is 4. The number of nitrogens with zero attached hydrogens (tertiary/aromatic N) is 1. The Morgan fingerprint density at radius 3 is 2.10 bits per heavy atom. The van der Waals surface area contributed by atoms with E-state index in [2.05, 4.69) is 5.32 Å². The van der Waals surface area contributed by atoms with E-state index in [1.165, 1.54) is 42.5 Å². The molecule has 0 saturated carbocycles. The first-order chi connectivity index (χ1) is 19.3. The van der Waals surface area contributed by atoms with Crippen molar-refractivity contribution >= 4 is 17.7 Å². The van der Waals surface area contributed by atoms with Gasteiger partial charge in [-0.3, -0.25) is 10.1 Å². The number of rotatable bonds is 8. The zero-order valence-electron chi connectivity index (χ0n) is 21.0. The first kappa shape index (κ1) is 26.2. The van der Waals surface area contributed by atoms with E-state index in [1.54, 1.807) is 0 Å². The third kappa shape index (κ3) is 5.56. The number of hydrogen-bond acceptors (Lipinski definition) is 8. The fourth-order valence-corrected chi connectivity index (χ4v) is 4.73. The molecule has 202 valence electrons. The maximum absolute atomic E-state index is 13.1. The lowest BCUT2D eigenvalue weighted by atomic mass is 9.98. The predicted molar refractivity (Wildman–Crippen MR) is 144 cm³/mol. The molecule has 0 heterocycles. The Morgan fingerprint density at radius 1 is 0.875 bits per heavy atom. The van der Waals surface area contributed by atoms with Crippen molar-refractivity contribution in [2.45, 2.75) is 18.4 Å². The third-order valence-electron chi connectivity index (χ3n) is 6.67. The largest absolute Gasteiger partial charge is 0.504 e. The summed E-state index contributed by atoms with van der Waals surface area (Å²) in [5.74, 6) is -1.71. The minimum Gasteiger partial charge on any atom is -0.504 e. The number of carbonyl (C=O) groups is 2. The van der Waals surface area contributed by atoms with Crippen LogP contribution >= 0.6 is 0 Å². The number of non-ortho nitro benzene ring substituents is 1. The molecule has 1 amide bonds. The Morgan fingerprint density at radius 2 is 1.50 bits per heavy atom. The van der Waals surface area contributed by atoms with Crippen LogP contribution < -0.4 is 10.1 Å². The molecule has 4 aromatic rings. The van der Waals surface area contributed by atoms with Gasteiger partial charge in [0.1, 0.15) is 18.4 Å². The second kappa shape index (κ2) is 11.2. The molecule has 0 aromatic heterocycles. The Hall–Kier alpha value is -5.38. The first-order valence-electron chi connectivity index (χ1n) is 12.4. The second-order valence-corrected chi connectivity index (χ2v) is 9.22. The minimum atomic E-state index is -1.24. The van der Waals surface area contributed by atoms with E-state index in [0.29, 0.717) is 5.56 Å². The highest BCUT2D eigenvalue weighted by atomic mass is 16.6. The SMILES string of the molecule is O=C(N[C@@H](Cc1ccc(O)c(O)c1)C(=O)Oc1ccc([N+](=O)[O-])cc1)OCC1c2ccccc2-c2ccccc21. The number of alkyl carbamates (subject to hydrolysis) is 1. The molecule has 1 aliphatic rings. The summed E-state index contributed by atoms with van der Waals surface area (Å²) in [5.41, 5.74) is 4.47. The zero-order valence-corrected chi connectivity index (χ0v) is 21.0. The molecule has 0 fully saturated rings. The molecule has 1 atom stereocenters. The van der Waals surface area contributed by atoms with Crippen LogP contribution in [0.5, 0.6) is 17.2 Å². The molecule has 40 heavy (non-hydrogen) atoms. The van der Waals surface area contributed by atoms with Crippen molar-refractivity contribution in [2.75, 3.05) is 6.61 Å². The summed E-state index contributed by atoms with van der Waals surface area (Å²) >= 11 is 0. The summed E-state index contributed by atoms with van der Waals surface area (Å²) < 4.78 is 10.9. The highest BCUT2D eigenvalue weighted by Crippen LogP contribution is 2.44. The van der Waals surface area contributed by atoms with E-state index < -0.39 is 23.0 Å². The van der Waals surface area contributed by atoms with Crippen LogP contribution in [0.25, 0.3) is 11.1 Å². The molecular weight excluding hydrogens is 516 g/mol. The molecule has 0 bridgehead atoms. The number of esters is 1. The van der Waals surface area contributed by atoms with Crippen LogP contribution in [-0.4, -0.2) is 39.8 Å². The summed E-state index contributed by atoms with van der Waals surface area (Å²) in [5, 5.41) is 32.9. The number of nitro benzene ring substituents is 1. The van der Waals surface area contributed by atoms with Crippen molar-refractivity contribution in [2.24, 2.45) is 0 Å². The lowest BCUT2D eigenvalue weighted by molar-refractivity contribution is -0.384. The maximum Gasteiger partial charge on any atom is 0.407 e. The number of carbonyl (C=O) groups excluding carboxylic acids is 2. The van der Waals surface area contributed by atoms with E-state index >= 15 is 0 Å². The molecule has 0 spiro atoms. The van der Waals surface area contributed by atoms with Crippen LogP contribution in [0.3, 0.4) is 0 Å². The normalized spacial score (nSPS) is 12.6. The first-order valence-corrected chi connectivity index (χ1v) is 12.4. The molecule has 5 rings (SSSR count). The molecule has 10 nitrogen and oxygen atoms in total. The van der Waals surface area contributed by atoms with Crippen LogP contribution in [0.15, 0.2) is 91.0 Å². The Labute approximate surface area is 228 Å². The van der Waals surface area contributed by atoms with Gasteiger partial charge >= 0.3 is 12.1 Å². The number of fused-ring (bicyclic) bond motifs is 3. The number of nitrogens with one attached hydrogen (secondary N) is 1. The van der Waals surface area contributed by atoms with Gasteiger partial charge in [-0.25, -0.2) is 9.59 Å². The summed E-state index contributed by atoms with van der Waals surface area (Å²) in [6.45, 7) is 0.0317. The van der Waals surface area contributed by atoms with Gasteiger partial charge in [-0.05, 0) is 52.1 Å². The summed E-state index contributed by atoms with van der Waals surface area (Å²) in [7, 11) is 0. The maximum atomic E-state index is 13.1. The molecule has 1 aliphatic carbocycles. The van der Waals surface area contributed by atoms with Gasteiger partial charge in [-0.2, -0.15) is 0 Å². The number of aromatic hydroxyl groups is 2. The smallest absolute Gasteiger partial charge is 0.407 e. The number of nitro groups is 1. The Kier molecular flexibility index (Phi) is 7.32. The molecule has 10 heteroatoms. The van der Waals surface area contributed by atoms with E-state index in [1.807, 2.05) is 48.5 Å². The lowest BCUT2D eigenvalue weighted by Gasteiger charge is -2.19. The molecule has 3 N–H and O–H groups in total. The standard InChI is InChI=1S/C30H24N2O8/c33-27-14-9-18(16-28(27)34)15-26(29(35)40-20-12-10-19(11-13-20)32(37)38)31-30(36)39-17-25-23-7-3-1-5-21(23)22-6-2-4-8-24(22)25/h1-14,16,25-26,33-34H,15,17H2,(H,31,36)/t26-/m0/s1. The highest BCUT2D eigenvalue weighted by Gasteiger charge is 2.30. The fourth-order valence-electron chi connectivity index (χ4n) is 4.73. The number of hydrogen-bond donors (Lipinski definition) is 3. The number of phenolic OH excluding ortho intramolecular Hbond substituents is 2. The molecule has 0 unspecified atom stereocenters. The van der Waals surface area contributed by atoms with Gasteiger partial charge in [-0.1, -0.05) is 54.6 Å².